The molecule has 0 fully saturated rings. The third-order valence-electron chi connectivity index (χ3n) is 3.50. The van der Waals surface area contributed by atoms with Gasteiger partial charge in [-0.3, -0.25) is 4.79 Å². The second kappa shape index (κ2) is 5.89. The molecule has 22 heavy (non-hydrogen) atoms. The predicted molar refractivity (Wildman–Crippen MR) is 86.1 cm³/mol. The third-order valence-corrected chi connectivity index (χ3v) is 3.78. The van der Waals surface area contributed by atoms with Crippen molar-refractivity contribution in [3.8, 4) is 11.5 Å². The van der Waals surface area contributed by atoms with Gasteiger partial charge >= 0.3 is 0 Å². The van der Waals surface area contributed by atoms with E-state index in [1.807, 2.05) is 24.3 Å². The first kappa shape index (κ1) is 14.7. The minimum absolute atomic E-state index is 0.122. The van der Waals surface area contributed by atoms with Crippen LogP contribution in [0.15, 0.2) is 36.4 Å². The van der Waals surface area contributed by atoms with Crippen LogP contribution < -0.4 is 14.8 Å². The lowest BCUT2D eigenvalue weighted by Crippen LogP contribution is -2.12. The zero-order valence-corrected chi connectivity index (χ0v) is 13.1. The van der Waals surface area contributed by atoms with Crippen molar-refractivity contribution in [1.82, 2.24) is 0 Å². The summed E-state index contributed by atoms with van der Waals surface area (Å²) in [7, 11) is 0. The highest BCUT2D eigenvalue weighted by Gasteiger charge is 2.20. The summed E-state index contributed by atoms with van der Waals surface area (Å²) in [6, 6.07) is 11.0. The summed E-state index contributed by atoms with van der Waals surface area (Å²) in [5.74, 6) is 1.14. The van der Waals surface area contributed by atoms with Gasteiger partial charge in [-0.2, -0.15) is 0 Å². The van der Waals surface area contributed by atoms with E-state index in [2.05, 4.69) is 19.2 Å². The molecule has 2 aromatic carbocycles. The van der Waals surface area contributed by atoms with Crippen LogP contribution in [-0.4, -0.2) is 12.7 Å². The van der Waals surface area contributed by atoms with Crippen molar-refractivity contribution in [1.29, 1.82) is 0 Å². The fourth-order valence-corrected chi connectivity index (χ4v) is 2.54. The molecule has 1 amide bonds. The molecule has 1 aliphatic heterocycles. The topological polar surface area (TPSA) is 47.6 Å². The van der Waals surface area contributed by atoms with E-state index in [0.29, 0.717) is 28.0 Å². The van der Waals surface area contributed by atoms with E-state index in [1.165, 1.54) is 5.56 Å². The molecule has 4 nitrogen and oxygen atoms in total. The quantitative estimate of drug-likeness (QED) is 0.910. The van der Waals surface area contributed by atoms with Gasteiger partial charge in [0.2, 0.25) is 6.79 Å². The highest BCUT2D eigenvalue weighted by molar-refractivity contribution is 6.32. The second-order valence-electron chi connectivity index (χ2n) is 5.43. The molecule has 0 saturated carbocycles. The Morgan fingerprint density at radius 2 is 2.05 bits per heavy atom. The Bertz CT molecular complexity index is 728. The number of amides is 1. The maximum Gasteiger partial charge on any atom is 0.255 e. The summed E-state index contributed by atoms with van der Waals surface area (Å²) >= 11 is 6.10. The van der Waals surface area contributed by atoms with Gasteiger partial charge in [-0.25, -0.2) is 0 Å². The van der Waals surface area contributed by atoms with Crippen molar-refractivity contribution < 1.29 is 14.3 Å². The van der Waals surface area contributed by atoms with E-state index >= 15 is 0 Å². The molecule has 0 bridgehead atoms. The Labute approximate surface area is 134 Å². The van der Waals surface area contributed by atoms with E-state index in [-0.39, 0.29) is 12.7 Å². The summed E-state index contributed by atoms with van der Waals surface area (Å²) < 4.78 is 10.5. The van der Waals surface area contributed by atoms with E-state index < -0.39 is 0 Å². The van der Waals surface area contributed by atoms with Crippen LogP contribution in [0, 0.1) is 0 Å². The standard InChI is InChI=1S/C17H16ClNO3/c1-10(2)11-4-3-5-13(6-11)19-17(20)12-7-14(18)16-15(8-12)21-9-22-16/h3-8,10H,9H2,1-2H3,(H,19,20). The van der Waals surface area contributed by atoms with Crippen molar-refractivity contribution in [2.45, 2.75) is 19.8 Å². The summed E-state index contributed by atoms with van der Waals surface area (Å²) in [4.78, 5) is 12.4. The number of hydrogen-bond donors (Lipinski definition) is 1. The van der Waals surface area contributed by atoms with Gasteiger partial charge in [0.1, 0.15) is 0 Å². The molecule has 5 heteroatoms. The average molecular weight is 318 g/mol. The van der Waals surface area contributed by atoms with Crippen molar-refractivity contribution in [3.63, 3.8) is 0 Å². The molecule has 1 heterocycles. The largest absolute Gasteiger partial charge is 0.454 e. The number of hydrogen-bond acceptors (Lipinski definition) is 3. The fourth-order valence-electron chi connectivity index (χ4n) is 2.28. The van der Waals surface area contributed by atoms with Crippen LogP contribution in [0.2, 0.25) is 5.02 Å². The Hall–Kier alpha value is -2.20. The molecule has 0 radical (unpaired) electrons. The Morgan fingerprint density at radius 3 is 2.82 bits per heavy atom. The number of carbonyl (C=O) groups is 1. The highest BCUT2D eigenvalue weighted by atomic mass is 35.5. The molecule has 0 unspecified atom stereocenters. The van der Waals surface area contributed by atoms with E-state index in [0.717, 1.165) is 5.69 Å². The Kier molecular flexibility index (Phi) is 3.94. The second-order valence-corrected chi connectivity index (χ2v) is 5.83. The van der Waals surface area contributed by atoms with Crippen LogP contribution in [0.4, 0.5) is 5.69 Å². The summed E-state index contributed by atoms with van der Waals surface area (Å²) in [6.07, 6.45) is 0. The lowest BCUT2D eigenvalue weighted by molar-refractivity contribution is 0.102. The lowest BCUT2D eigenvalue weighted by Gasteiger charge is -2.10. The number of ether oxygens (including phenoxy) is 2. The van der Waals surface area contributed by atoms with Crippen LogP contribution in [0.1, 0.15) is 35.7 Å². The highest BCUT2D eigenvalue weighted by Crippen LogP contribution is 2.39. The lowest BCUT2D eigenvalue weighted by atomic mass is 10.0. The molecule has 0 atom stereocenters. The van der Waals surface area contributed by atoms with Crippen molar-refractivity contribution >= 4 is 23.2 Å². The first-order valence-electron chi connectivity index (χ1n) is 7.05. The van der Waals surface area contributed by atoms with Crippen molar-refractivity contribution in [3.05, 3.63) is 52.5 Å². The van der Waals surface area contributed by atoms with E-state index in [4.69, 9.17) is 21.1 Å². The van der Waals surface area contributed by atoms with Crippen molar-refractivity contribution in [2.24, 2.45) is 0 Å². The van der Waals surface area contributed by atoms with Gasteiger partial charge in [-0.15, -0.1) is 0 Å². The maximum absolute atomic E-state index is 12.4. The number of fused-ring (bicyclic) bond motifs is 1. The van der Waals surface area contributed by atoms with E-state index in [1.54, 1.807) is 12.1 Å². The average Bonchev–Trinajstić information content (AvgIpc) is 2.96. The van der Waals surface area contributed by atoms with E-state index in [9.17, 15) is 4.79 Å². The van der Waals surface area contributed by atoms with Crippen LogP contribution in [0.3, 0.4) is 0 Å². The molecular formula is C17H16ClNO3. The SMILES string of the molecule is CC(C)c1cccc(NC(=O)c2cc(Cl)c3c(c2)OCO3)c1. The molecule has 3 rings (SSSR count). The van der Waals surface area contributed by atoms with Crippen LogP contribution in [-0.2, 0) is 0 Å². The molecule has 0 aliphatic carbocycles. The normalized spacial score (nSPS) is 12.5. The monoisotopic (exact) mass is 317 g/mol. The van der Waals surface area contributed by atoms with Gasteiger partial charge in [0.25, 0.3) is 5.91 Å². The van der Waals surface area contributed by atoms with Crippen molar-refractivity contribution in [2.75, 3.05) is 12.1 Å². The summed E-state index contributed by atoms with van der Waals surface area (Å²) in [5, 5.41) is 3.25. The molecule has 1 N–H and O–H groups in total. The van der Waals surface area contributed by atoms with Crippen LogP contribution in [0.5, 0.6) is 11.5 Å². The zero-order chi connectivity index (χ0) is 15.7. The van der Waals surface area contributed by atoms with Crippen LogP contribution in [0.25, 0.3) is 0 Å². The number of halogens is 1. The predicted octanol–water partition coefficient (Wildman–Crippen LogP) is 4.44. The summed E-state index contributed by atoms with van der Waals surface area (Å²) in [5.41, 5.74) is 2.36. The van der Waals surface area contributed by atoms with Gasteiger partial charge in [0.15, 0.2) is 11.5 Å². The number of anilines is 1. The fraction of sp³-hybridized carbons (Fsp3) is 0.235. The smallest absolute Gasteiger partial charge is 0.255 e. The molecule has 0 saturated heterocycles. The van der Waals surface area contributed by atoms with Gasteiger partial charge in [-0.05, 0) is 35.7 Å². The Balaban J connectivity index is 1.83. The molecule has 114 valence electrons. The first-order chi connectivity index (χ1) is 10.5. The Morgan fingerprint density at radius 1 is 1.23 bits per heavy atom. The number of benzene rings is 2. The summed E-state index contributed by atoms with van der Waals surface area (Å²) in [6.45, 7) is 4.34. The zero-order valence-electron chi connectivity index (χ0n) is 12.4. The number of rotatable bonds is 3. The first-order valence-corrected chi connectivity index (χ1v) is 7.43. The third kappa shape index (κ3) is 2.88. The molecule has 2 aromatic rings. The number of carbonyl (C=O) groups excluding carboxylic acids is 1. The maximum atomic E-state index is 12.4. The minimum atomic E-state index is -0.235. The number of nitrogens with one attached hydrogen (secondary N) is 1. The van der Waals surface area contributed by atoms with Gasteiger partial charge in [0.05, 0.1) is 5.02 Å². The molecule has 0 aromatic heterocycles. The van der Waals surface area contributed by atoms with Gasteiger partial charge in [-0.1, -0.05) is 37.6 Å². The van der Waals surface area contributed by atoms with Gasteiger partial charge < -0.3 is 14.8 Å². The molecular weight excluding hydrogens is 302 g/mol. The van der Waals surface area contributed by atoms with Crippen LogP contribution >= 0.6 is 11.6 Å². The minimum Gasteiger partial charge on any atom is -0.454 e. The molecule has 1 aliphatic rings. The van der Waals surface area contributed by atoms with Gasteiger partial charge in [0, 0.05) is 11.3 Å². The molecule has 0 spiro atoms.